The van der Waals surface area contributed by atoms with Crippen molar-refractivity contribution >= 4 is 6.09 Å². The molecule has 2 atom stereocenters. The number of piperidine rings is 1. The number of hydrogen-bond donors (Lipinski definition) is 0. The van der Waals surface area contributed by atoms with Crippen LogP contribution in [0.3, 0.4) is 0 Å². The summed E-state index contributed by atoms with van der Waals surface area (Å²) in [6, 6.07) is 0. The second kappa shape index (κ2) is 6.93. The molecule has 1 amide bonds. The highest BCUT2D eigenvalue weighted by Gasteiger charge is 2.39. The predicted octanol–water partition coefficient (Wildman–Crippen LogP) is 2.83. The van der Waals surface area contributed by atoms with Gasteiger partial charge in [-0.25, -0.2) is 9.18 Å². The molecule has 0 spiro atoms. The number of carbonyl (C=O) groups is 1. The van der Waals surface area contributed by atoms with Crippen molar-refractivity contribution in [2.75, 3.05) is 32.7 Å². The van der Waals surface area contributed by atoms with Crippen molar-refractivity contribution in [1.29, 1.82) is 0 Å². The summed E-state index contributed by atoms with van der Waals surface area (Å²) in [6.07, 6.45) is 0.681. The van der Waals surface area contributed by atoms with Gasteiger partial charge in [-0.2, -0.15) is 0 Å². The summed E-state index contributed by atoms with van der Waals surface area (Å²) >= 11 is 0. The molecule has 2 saturated heterocycles. The number of morpholine rings is 1. The van der Waals surface area contributed by atoms with Crippen LogP contribution >= 0.6 is 0 Å². The maximum atomic E-state index is 15.1. The summed E-state index contributed by atoms with van der Waals surface area (Å²) in [5.41, 5.74) is -1.74. The molecule has 2 aliphatic rings. The van der Waals surface area contributed by atoms with Gasteiger partial charge >= 0.3 is 6.09 Å². The van der Waals surface area contributed by atoms with Crippen molar-refractivity contribution in [2.24, 2.45) is 0 Å². The normalized spacial score (nSPS) is 29.4. The van der Waals surface area contributed by atoms with Crippen LogP contribution in [-0.2, 0) is 9.47 Å². The number of halogens is 1. The number of likely N-dealkylation sites (tertiary alicyclic amines) is 1. The fourth-order valence-electron chi connectivity index (χ4n) is 3.39. The quantitative estimate of drug-likeness (QED) is 0.781. The van der Waals surface area contributed by atoms with Gasteiger partial charge < -0.3 is 14.4 Å². The lowest BCUT2D eigenvalue weighted by Gasteiger charge is -2.42. The molecule has 23 heavy (non-hydrogen) atoms. The summed E-state index contributed by atoms with van der Waals surface area (Å²) in [6.45, 7) is 12.4. The van der Waals surface area contributed by atoms with Crippen LogP contribution in [0.2, 0.25) is 0 Å². The Hall–Kier alpha value is -0.880. The van der Waals surface area contributed by atoms with Gasteiger partial charge in [0.2, 0.25) is 0 Å². The Bertz CT molecular complexity index is 407. The Kier molecular flexibility index (Phi) is 5.56. The Morgan fingerprint density at radius 3 is 2.22 bits per heavy atom. The standard InChI is InChI=1S/C17H31FN2O3/c1-13-10-19(11-14(2)22-13)12-17(18)6-8-20(9-7-17)15(21)23-16(3,4)5/h13-14H,6-12H2,1-5H3/t13-,14+. The first-order valence-corrected chi connectivity index (χ1v) is 8.61. The van der Waals surface area contributed by atoms with Crippen LogP contribution < -0.4 is 0 Å². The van der Waals surface area contributed by atoms with Gasteiger partial charge in [0.05, 0.1) is 12.2 Å². The lowest BCUT2D eigenvalue weighted by atomic mass is 9.92. The van der Waals surface area contributed by atoms with Gasteiger partial charge in [-0.1, -0.05) is 0 Å². The van der Waals surface area contributed by atoms with Crippen molar-refractivity contribution in [2.45, 2.75) is 70.9 Å². The first-order valence-electron chi connectivity index (χ1n) is 8.61. The third kappa shape index (κ3) is 5.60. The van der Waals surface area contributed by atoms with Gasteiger partial charge in [-0.15, -0.1) is 0 Å². The summed E-state index contributed by atoms with van der Waals surface area (Å²) in [5.74, 6) is 0. The van der Waals surface area contributed by atoms with E-state index in [0.29, 0.717) is 32.5 Å². The molecular formula is C17H31FN2O3. The Balaban J connectivity index is 1.83. The van der Waals surface area contributed by atoms with Crippen LogP contribution in [0, 0.1) is 0 Å². The van der Waals surface area contributed by atoms with E-state index in [0.717, 1.165) is 13.1 Å². The average Bonchev–Trinajstić information content (AvgIpc) is 2.35. The van der Waals surface area contributed by atoms with Crippen molar-refractivity contribution < 1.29 is 18.7 Å². The molecule has 2 fully saturated rings. The summed E-state index contributed by atoms with van der Waals surface area (Å²) in [7, 11) is 0. The number of alkyl halides is 1. The molecule has 0 radical (unpaired) electrons. The SMILES string of the molecule is C[C@@H]1CN(CC2(F)CCN(C(=O)OC(C)(C)C)CC2)C[C@H](C)O1. The first kappa shape index (κ1) is 18.5. The van der Waals surface area contributed by atoms with E-state index in [9.17, 15) is 4.79 Å². The third-order valence-electron chi connectivity index (χ3n) is 4.31. The highest BCUT2D eigenvalue weighted by molar-refractivity contribution is 5.68. The minimum Gasteiger partial charge on any atom is -0.444 e. The van der Waals surface area contributed by atoms with Gasteiger partial charge in [0.1, 0.15) is 11.3 Å². The second-order valence-electron chi connectivity index (χ2n) is 8.07. The summed E-state index contributed by atoms with van der Waals surface area (Å²) in [5, 5.41) is 0. The van der Waals surface area contributed by atoms with Gasteiger partial charge in [-0.05, 0) is 34.6 Å². The van der Waals surface area contributed by atoms with Crippen molar-refractivity contribution in [3.05, 3.63) is 0 Å². The van der Waals surface area contributed by atoms with Crippen LogP contribution in [0.4, 0.5) is 9.18 Å². The van der Waals surface area contributed by atoms with Crippen LogP contribution in [0.1, 0.15) is 47.5 Å². The van der Waals surface area contributed by atoms with Gasteiger partial charge in [0.25, 0.3) is 0 Å². The van der Waals surface area contributed by atoms with E-state index in [-0.39, 0.29) is 18.3 Å². The predicted molar refractivity (Wildman–Crippen MR) is 87.3 cm³/mol. The Labute approximate surface area is 139 Å². The number of nitrogens with zero attached hydrogens (tertiary/aromatic N) is 2. The maximum Gasteiger partial charge on any atom is 0.410 e. The van der Waals surface area contributed by atoms with Crippen molar-refractivity contribution in [1.82, 2.24) is 9.80 Å². The number of rotatable bonds is 2. The second-order valence-corrected chi connectivity index (χ2v) is 8.07. The minimum atomic E-state index is -1.23. The molecule has 0 aromatic carbocycles. The van der Waals surface area contributed by atoms with E-state index < -0.39 is 11.3 Å². The molecule has 2 rings (SSSR count). The maximum absolute atomic E-state index is 15.1. The first-order chi connectivity index (χ1) is 10.6. The molecule has 0 aromatic heterocycles. The van der Waals surface area contributed by atoms with Crippen molar-refractivity contribution in [3.8, 4) is 0 Å². The van der Waals surface area contributed by atoms with E-state index >= 15 is 4.39 Å². The smallest absolute Gasteiger partial charge is 0.410 e. The number of amides is 1. The Morgan fingerprint density at radius 2 is 1.74 bits per heavy atom. The molecule has 5 nitrogen and oxygen atoms in total. The average molecular weight is 330 g/mol. The van der Waals surface area contributed by atoms with Crippen LogP contribution in [0.15, 0.2) is 0 Å². The molecule has 2 heterocycles. The van der Waals surface area contributed by atoms with E-state index in [4.69, 9.17) is 9.47 Å². The van der Waals surface area contributed by atoms with Gasteiger partial charge in [0.15, 0.2) is 0 Å². The van der Waals surface area contributed by atoms with Crippen LogP contribution in [0.25, 0.3) is 0 Å². The number of hydrogen-bond acceptors (Lipinski definition) is 4. The van der Waals surface area contributed by atoms with Crippen molar-refractivity contribution in [3.63, 3.8) is 0 Å². The van der Waals surface area contributed by atoms with E-state index in [1.807, 2.05) is 34.6 Å². The molecule has 6 heteroatoms. The molecule has 0 N–H and O–H groups in total. The highest BCUT2D eigenvalue weighted by atomic mass is 19.1. The largest absolute Gasteiger partial charge is 0.444 e. The molecule has 0 bridgehead atoms. The lowest BCUT2D eigenvalue weighted by molar-refractivity contribution is -0.0861. The molecule has 2 aliphatic heterocycles. The molecule has 0 aromatic rings. The van der Waals surface area contributed by atoms with Crippen LogP contribution in [-0.4, -0.2) is 72.1 Å². The summed E-state index contributed by atoms with van der Waals surface area (Å²) < 4.78 is 26.2. The number of ether oxygens (including phenoxy) is 2. The van der Waals surface area contributed by atoms with Crippen LogP contribution in [0.5, 0.6) is 0 Å². The monoisotopic (exact) mass is 330 g/mol. The molecular weight excluding hydrogens is 299 g/mol. The lowest BCUT2D eigenvalue weighted by Crippen LogP contribution is -2.54. The van der Waals surface area contributed by atoms with Gasteiger partial charge in [-0.3, -0.25) is 4.90 Å². The van der Waals surface area contributed by atoms with E-state index in [2.05, 4.69) is 4.90 Å². The third-order valence-corrected chi connectivity index (χ3v) is 4.31. The van der Waals surface area contributed by atoms with Gasteiger partial charge in [0, 0.05) is 45.6 Å². The molecule has 134 valence electrons. The zero-order valence-corrected chi connectivity index (χ0v) is 15.1. The van der Waals surface area contributed by atoms with E-state index in [1.54, 1.807) is 4.90 Å². The molecule has 0 unspecified atom stereocenters. The summed E-state index contributed by atoms with van der Waals surface area (Å²) in [4.78, 5) is 15.8. The fourth-order valence-corrected chi connectivity index (χ4v) is 3.39. The fraction of sp³-hybridized carbons (Fsp3) is 0.941. The zero-order valence-electron chi connectivity index (χ0n) is 15.1. The minimum absolute atomic E-state index is 0.143. The number of carbonyl (C=O) groups excluding carboxylic acids is 1. The van der Waals surface area contributed by atoms with E-state index in [1.165, 1.54) is 0 Å². The molecule has 0 aliphatic carbocycles. The molecule has 0 saturated carbocycles. The Morgan fingerprint density at radius 1 is 1.22 bits per heavy atom. The zero-order chi connectivity index (χ0) is 17.3. The highest BCUT2D eigenvalue weighted by Crippen LogP contribution is 2.29. The topological polar surface area (TPSA) is 42.0 Å².